The van der Waals surface area contributed by atoms with Crippen LogP contribution in [-0.2, 0) is 4.79 Å². The van der Waals surface area contributed by atoms with Gasteiger partial charge in [0.2, 0.25) is 0 Å². The third-order valence-electron chi connectivity index (χ3n) is 3.10. The molecule has 1 rings (SSSR count). The highest BCUT2D eigenvalue weighted by molar-refractivity contribution is 8.07. The Balaban J connectivity index is 2.02. The lowest BCUT2D eigenvalue weighted by atomic mass is 10.0. The summed E-state index contributed by atoms with van der Waals surface area (Å²) in [4.78, 5) is 10.3. The van der Waals surface area contributed by atoms with Crippen molar-refractivity contribution >= 4 is 17.7 Å². The van der Waals surface area contributed by atoms with Crippen molar-refractivity contribution in [2.24, 2.45) is 0 Å². The van der Waals surface area contributed by atoms with Crippen molar-refractivity contribution in [3.05, 3.63) is 0 Å². The summed E-state index contributed by atoms with van der Waals surface area (Å²) in [6.45, 7) is 0. The second-order valence-electron chi connectivity index (χ2n) is 5.06. The number of hydrogen-bond acceptors (Lipinski definition) is 4. The molecule has 0 saturated carbocycles. The van der Waals surface area contributed by atoms with Gasteiger partial charge in [-0.2, -0.15) is 0 Å². The molecule has 1 aliphatic rings. The van der Waals surface area contributed by atoms with Crippen molar-refractivity contribution in [2.45, 2.75) is 62.4 Å². The van der Waals surface area contributed by atoms with E-state index in [2.05, 4.69) is 23.7 Å². The van der Waals surface area contributed by atoms with Crippen LogP contribution in [0.15, 0.2) is 0 Å². The maximum Gasteiger partial charge on any atom is 0.303 e. The average molecular weight is 310 g/mol. The van der Waals surface area contributed by atoms with Crippen LogP contribution in [0.3, 0.4) is 0 Å². The van der Waals surface area contributed by atoms with Gasteiger partial charge in [-0.15, -0.1) is 11.8 Å². The fourth-order valence-corrected chi connectivity index (χ4v) is 2.09. The quantitative estimate of drug-likeness (QED) is 0.343. The molecule has 0 unspecified atom stereocenters. The molecule has 0 bridgehead atoms. The van der Waals surface area contributed by atoms with Gasteiger partial charge in [0.1, 0.15) is 0 Å². The van der Waals surface area contributed by atoms with Gasteiger partial charge in [0, 0.05) is 18.6 Å². The van der Waals surface area contributed by atoms with Gasteiger partial charge < -0.3 is 15.3 Å². The van der Waals surface area contributed by atoms with Crippen LogP contribution in [0, 0.1) is 23.7 Å². The fraction of sp³-hybridized carbons (Fsp3) is 0.688. The Bertz CT molecular complexity index is 437. The number of aliphatic carboxylic acids is 1. The molecular weight excluding hydrogens is 288 g/mol. The number of rotatable bonds is 9. The van der Waals surface area contributed by atoms with E-state index in [1.54, 1.807) is 0 Å². The molecular formula is C16H22O4S. The molecule has 0 aromatic heterocycles. The van der Waals surface area contributed by atoms with Crippen molar-refractivity contribution < 1.29 is 20.1 Å². The lowest BCUT2D eigenvalue weighted by Crippen LogP contribution is -2.25. The Morgan fingerprint density at radius 2 is 1.81 bits per heavy atom. The molecule has 21 heavy (non-hydrogen) atoms. The van der Waals surface area contributed by atoms with Crippen molar-refractivity contribution in [3.8, 4) is 23.7 Å². The number of aliphatic hydroxyl groups is 2. The molecule has 1 saturated heterocycles. The van der Waals surface area contributed by atoms with Gasteiger partial charge in [-0.05, 0) is 37.5 Å². The first-order valence-corrected chi connectivity index (χ1v) is 8.32. The topological polar surface area (TPSA) is 77.8 Å². The normalized spacial score (nSPS) is 18.7. The van der Waals surface area contributed by atoms with Crippen LogP contribution in [0.25, 0.3) is 0 Å². The van der Waals surface area contributed by atoms with Gasteiger partial charge in [0.05, 0.1) is 17.5 Å². The van der Waals surface area contributed by atoms with E-state index in [0.717, 1.165) is 12.2 Å². The number of carbonyl (C=O) groups is 1. The van der Waals surface area contributed by atoms with Gasteiger partial charge in [0.25, 0.3) is 0 Å². The molecule has 3 N–H and O–H groups in total. The molecule has 0 spiro atoms. The molecule has 0 aromatic rings. The molecule has 1 fully saturated rings. The van der Waals surface area contributed by atoms with Crippen LogP contribution in [0.4, 0.5) is 0 Å². The Morgan fingerprint density at radius 1 is 1.14 bits per heavy atom. The van der Waals surface area contributed by atoms with E-state index >= 15 is 0 Å². The second-order valence-corrected chi connectivity index (χ2v) is 6.30. The van der Waals surface area contributed by atoms with Gasteiger partial charge in [-0.3, -0.25) is 4.79 Å². The molecule has 0 radical (unpaired) electrons. The molecule has 0 aliphatic carbocycles. The Hall–Kier alpha value is -1.14. The summed E-state index contributed by atoms with van der Waals surface area (Å²) >= 11 is 1.82. The summed E-state index contributed by atoms with van der Waals surface area (Å²) < 4.78 is 0. The Labute approximate surface area is 130 Å². The maximum atomic E-state index is 10.3. The Morgan fingerprint density at radius 3 is 2.43 bits per heavy atom. The number of carboxylic acids is 1. The first-order valence-electron chi connectivity index (χ1n) is 7.27. The smallest absolute Gasteiger partial charge is 0.303 e. The zero-order chi connectivity index (χ0) is 15.5. The zero-order valence-corrected chi connectivity index (χ0v) is 12.9. The Kier molecular flexibility index (Phi) is 9.01. The highest BCUT2D eigenvalue weighted by Gasteiger charge is 2.18. The third kappa shape index (κ3) is 10.3. The largest absolute Gasteiger partial charge is 0.481 e. The molecule has 1 heterocycles. The standard InChI is InChI=1S/C16H22O4S/c17-14(15(18)10-6-7-11-16(19)20)9-5-3-1-2-4-8-13-12-21-13/h13-15,17-18H,3,5-7,9-12H2,(H,19,20)/t13-,14-,15-/m1/s1. The van der Waals surface area contributed by atoms with E-state index in [0.29, 0.717) is 37.4 Å². The first-order chi connectivity index (χ1) is 10.1. The van der Waals surface area contributed by atoms with Crippen molar-refractivity contribution in [3.63, 3.8) is 0 Å². The highest BCUT2D eigenvalue weighted by atomic mass is 32.2. The lowest BCUT2D eigenvalue weighted by molar-refractivity contribution is -0.137. The molecule has 4 nitrogen and oxygen atoms in total. The highest BCUT2D eigenvalue weighted by Crippen LogP contribution is 2.28. The molecule has 0 amide bonds. The number of unbranched alkanes of at least 4 members (excludes halogenated alkanes) is 2. The fourth-order valence-electron chi connectivity index (χ4n) is 1.77. The van der Waals surface area contributed by atoms with E-state index in [9.17, 15) is 15.0 Å². The van der Waals surface area contributed by atoms with Crippen LogP contribution >= 0.6 is 11.8 Å². The van der Waals surface area contributed by atoms with E-state index in [4.69, 9.17) is 5.11 Å². The summed E-state index contributed by atoms with van der Waals surface area (Å²) in [5, 5.41) is 28.5. The van der Waals surface area contributed by atoms with Crippen molar-refractivity contribution in [2.75, 3.05) is 5.75 Å². The van der Waals surface area contributed by atoms with Crippen LogP contribution in [-0.4, -0.2) is 44.5 Å². The number of carboxylic acid groups (broad SMARTS) is 1. The minimum absolute atomic E-state index is 0.110. The second kappa shape index (κ2) is 10.6. The first kappa shape index (κ1) is 17.9. The number of hydrogen-bond donors (Lipinski definition) is 3. The monoisotopic (exact) mass is 310 g/mol. The zero-order valence-electron chi connectivity index (χ0n) is 12.0. The van der Waals surface area contributed by atoms with Crippen LogP contribution < -0.4 is 0 Å². The molecule has 116 valence electrons. The number of aliphatic hydroxyl groups excluding tert-OH is 2. The molecule has 1 aliphatic heterocycles. The number of thioether (sulfide) groups is 1. The van der Waals surface area contributed by atoms with E-state index in [1.165, 1.54) is 0 Å². The summed E-state index contributed by atoms with van der Waals surface area (Å²) in [5.41, 5.74) is 0. The predicted molar refractivity (Wildman–Crippen MR) is 83.8 cm³/mol. The summed E-state index contributed by atoms with van der Waals surface area (Å²) in [6, 6.07) is 0. The van der Waals surface area contributed by atoms with E-state index < -0.39 is 18.2 Å². The van der Waals surface area contributed by atoms with Gasteiger partial charge in [0.15, 0.2) is 0 Å². The minimum Gasteiger partial charge on any atom is -0.481 e. The van der Waals surface area contributed by atoms with Crippen molar-refractivity contribution in [1.82, 2.24) is 0 Å². The van der Waals surface area contributed by atoms with Gasteiger partial charge in [-0.1, -0.05) is 18.3 Å². The minimum atomic E-state index is -0.827. The van der Waals surface area contributed by atoms with Crippen LogP contribution in [0.5, 0.6) is 0 Å². The van der Waals surface area contributed by atoms with Crippen LogP contribution in [0.2, 0.25) is 0 Å². The van der Waals surface area contributed by atoms with E-state index in [-0.39, 0.29) is 6.42 Å². The summed E-state index contributed by atoms with van der Waals surface area (Å²) in [6.07, 6.45) is 2.03. The van der Waals surface area contributed by atoms with Crippen molar-refractivity contribution in [1.29, 1.82) is 0 Å². The maximum absolute atomic E-state index is 10.3. The summed E-state index contributed by atoms with van der Waals surface area (Å²) in [7, 11) is 0. The molecule has 3 atom stereocenters. The van der Waals surface area contributed by atoms with Gasteiger partial charge >= 0.3 is 5.97 Å². The van der Waals surface area contributed by atoms with Crippen LogP contribution in [0.1, 0.15) is 44.9 Å². The lowest BCUT2D eigenvalue weighted by Gasteiger charge is -2.16. The predicted octanol–water partition coefficient (Wildman–Crippen LogP) is 1.65. The van der Waals surface area contributed by atoms with E-state index in [1.807, 2.05) is 11.8 Å². The third-order valence-corrected chi connectivity index (χ3v) is 3.89. The summed E-state index contributed by atoms with van der Waals surface area (Å²) in [5.74, 6) is 11.8. The average Bonchev–Trinajstić information content (AvgIpc) is 3.26. The van der Waals surface area contributed by atoms with Gasteiger partial charge in [-0.25, -0.2) is 0 Å². The molecule has 5 heteroatoms. The SMILES string of the molecule is O=C(O)CCCC[C@@H](O)[C@H](O)CCCC#CC#C[C@@H]1CS1. The molecule has 0 aromatic carbocycles.